The lowest BCUT2D eigenvalue weighted by Gasteiger charge is -2.37. The van der Waals surface area contributed by atoms with Crippen LogP contribution in [0, 0.1) is 18.3 Å². The minimum absolute atomic E-state index is 0.112. The van der Waals surface area contributed by atoms with Gasteiger partial charge in [-0.25, -0.2) is 0 Å². The first kappa shape index (κ1) is 35.4. The maximum atomic E-state index is 7.18. The Hall–Kier alpha value is -0.589. The van der Waals surface area contributed by atoms with E-state index < -0.39 is 25.0 Å². The average Bonchev–Trinajstić information content (AvgIpc) is 3.09. The summed E-state index contributed by atoms with van der Waals surface area (Å²) in [5.41, 5.74) is 1.14. The van der Waals surface area contributed by atoms with Crippen molar-refractivity contribution in [1.29, 1.82) is 0 Å². The van der Waals surface area contributed by atoms with Crippen LogP contribution in [0.25, 0.3) is 0 Å². The summed E-state index contributed by atoms with van der Waals surface area (Å²) in [6.45, 7) is 30.0. The fourth-order valence-corrected chi connectivity index (χ4v) is 11.0. The van der Waals surface area contributed by atoms with E-state index in [0.717, 1.165) is 43.2 Å². The summed E-state index contributed by atoms with van der Waals surface area (Å²) in [5.74, 6) is 4.25. The predicted octanol–water partition coefficient (Wildman–Crippen LogP) is 10.4. The van der Waals surface area contributed by atoms with Crippen molar-refractivity contribution < 1.29 is 13.3 Å². The zero-order chi connectivity index (χ0) is 29.4. The second-order valence-electron chi connectivity index (χ2n) is 14.2. The van der Waals surface area contributed by atoms with Gasteiger partial charge in [-0.15, -0.1) is 12.3 Å². The summed E-state index contributed by atoms with van der Waals surface area (Å²) in [7, 11) is -5.47. The quantitative estimate of drug-likeness (QED) is 0.104. The maximum absolute atomic E-state index is 7.18. The Morgan fingerprint density at radius 2 is 1.55 bits per heavy atom. The van der Waals surface area contributed by atoms with Gasteiger partial charge >= 0.3 is 0 Å². The van der Waals surface area contributed by atoms with Gasteiger partial charge < -0.3 is 13.3 Å². The summed E-state index contributed by atoms with van der Waals surface area (Å²) in [5, 5.41) is 0.134. The molecule has 3 unspecified atom stereocenters. The lowest BCUT2D eigenvalue weighted by molar-refractivity contribution is 0.0712. The summed E-state index contributed by atoms with van der Waals surface area (Å²) in [6.07, 6.45) is 16.7. The number of rotatable bonds is 16. The van der Waals surface area contributed by atoms with Gasteiger partial charge in [0.1, 0.15) is 0 Å². The van der Waals surface area contributed by atoms with Crippen molar-refractivity contribution >= 4 is 25.0 Å². The van der Waals surface area contributed by atoms with E-state index in [1.165, 1.54) is 18.4 Å². The first-order valence-electron chi connectivity index (χ1n) is 15.3. The van der Waals surface area contributed by atoms with Crippen LogP contribution in [0.2, 0.25) is 55.9 Å². The first-order chi connectivity index (χ1) is 17.4. The number of hydrogen-bond donors (Lipinski definition) is 0. The molecule has 0 aliphatic heterocycles. The van der Waals surface area contributed by atoms with Gasteiger partial charge in [-0.1, -0.05) is 73.5 Å². The van der Waals surface area contributed by atoms with Crippen molar-refractivity contribution in [2.45, 2.75) is 162 Å². The standard InChI is InChI=1S/C32H62O3Si3/c1-15-20-24-32(9,35-36(10,11)12)25-21-23-28-27(22-16-2)29(33-37(13,14)31(6,7)8)26-30(28)34-38(17-3,18-4)19-5/h2,21,23,28,30H,15,17-20,22,24-26H2,1,3-14H3/b23-21+. The van der Waals surface area contributed by atoms with Crippen LogP contribution in [-0.4, -0.2) is 36.7 Å². The maximum Gasteiger partial charge on any atom is 0.250 e. The molecule has 0 radical (unpaired) electrons. The Morgan fingerprint density at radius 3 is 2.00 bits per heavy atom. The van der Waals surface area contributed by atoms with Crippen molar-refractivity contribution in [3.8, 4) is 12.3 Å². The lowest BCUT2D eigenvalue weighted by atomic mass is 9.92. The van der Waals surface area contributed by atoms with E-state index in [1.54, 1.807) is 0 Å². The Bertz CT molecular complexity index is 829. The third-order valence-corrected chi connectivity index (χ3v) is 19.0. The van der Waals surface area contributed by atoms with E-state index in [0.29, 0.717) is 6.42 Å². The highest BCUT2D eigenvalue weighted by atomic mass is 28.4. The third-order valence-electron chi connectivity index (χ3n) is 8.86. The lowest BCUT2D eigenvalue weighted by Crippen LogP contribution is -2.42. The van der Waals surface area contributed by atoms with Crippen LogP contribution in [0.3, 0.4) is 0 Å². The van der Waals surface area contributed by atoms with Gasteiger partial charge in [0.25, 0.3) is 0 Å². The molecule has 6 heteroatoms. The van der Waals surface area contributed by atoms with Gasteiger partial charge in [0.2, 0.25) is 8.32 Å². The van der Waals surface area contributed by atoms with Crippen LogP contribution >= 0.6 is 0 Å². The Balaban J connectivity index is 3.46. The summed E-state index contributed by atoms with van der Waals surface area (Å²) in [6, 6.07) is 3.44. The Labute approximate surface area is 241 Å². The van der Waals surface area contributed by atoms with Crippen LogP contribution in [0.5, 0.6) is 0 Å². The average molecular weight is 579 g/mol. The summed E-state index contributed by atoms with van der Waals surface area (Å²) >= 11 is 0. The molecule has 1 aliphatic carbocycles. The fraction of sp³-hybridized carbons (Fsp3) is 0.812. The highest BCUT2D eigenvalue weighted by Gasteiger charge is 2.45. The Kier molecular flexibility index (Phi) is 13.4. The summed E-state index contributed by atoms with van der Waals surface area (Å²) < 4.78 is 20.9. The fourth-order valence-electron chi connectivity index (χ4n) is 5.37. The van der Waals surface area contributed by atoms with E-state index in [2.05, 4.69) is 106 Å². The molecular weight excluding hydrogens is 517 g/mol. The first-order valence-corrected chi connectivity index (χ1v) is 24.2. The zero-order valence-electron chi connectivity index (χ0n) is 27.5. The molecule has 0 aromatic rings. The molecule has 0 aromatic heterocycles. The van der Waals surface area contributed by atoms with Crippen molar-refractivity contribution in [2.75, 3.05) is 0 Å². The molecule has 0 saturated carbocycles. The van der Waals surface area contributed by atoms with Gasteiger partial charge in [0.15, 0.2) is 16.6 Å². The van der Waals surface area contributed by atoms with Crippen LogP contribution in [-0.2, 0) is 13.3 Å². The van der Waals surface area contributed by atoms with Crippen LogP contribution in [0.15, 0.2) is 23.5 Å². The van der Waals surface area contributed by atoms with Crippen molar-refractivity contribution in [1.82, 2.24) is 0 Å². The smallest absolute Gasteiger partial charge is 0.250 e. The molecule has 0 bridgehead atoms. The second kappa shape index (κ2) is 14.3. The van der Waals surface area contributed by atoms with Gasteiger partial charge in [-0.2, -0.15) is 0 Å². The molecule has 1 rings (SSSR count). The van der Waals surface area contributed by atoms with Gasteiger partial charge in [0, 0.05) is 18.8 Å². The molecule has 0 saturated heterocycles. The normalized spacial score (nSPS) is 21.2. The zero-order valence-corrected chi connectivity index (χ0v) is 30.5. The number of terminal acetylenes is 1. The highest BCUT2D eigenvalue weighted by molar-refractivity contribution is 6.74. The molecule has 0 fully saturated rings. The largest absolute Gasteiger partial charge is 0.546 e. The molecule has 220 valence electrons. The van der Waals surface area contributed by atoms with Crippen LogP contribution in [0.1, 0.15) is 93.9 Å². The van der Waals surface area contributed by atoms with E-state index in [9.17, 15) is 0 Å². The van der Waals surface area contributed by atoms with E-state index in [1.807, 2.05) is 0 Å². The third kappa shape index (κ3) is 10.1. The number of hydrogen-bond acceptors (Lipinski definition) is 3. The van der Waals surface area contributed by atoms with E-state index in [-0.39, 0.29) is 22.7 Å². The van der Waals surface area contributed by atoms with Gasteiger partial charge in [-0.3, -0.25) is 0 Å². The van der Waals surface area contributed by atoms with Crippen molar-refractivity contribution in [2.24, 2.45) is 5.92 Å². The molecule has 38 heavy (non-hydrogen) atoms. The molecule has 0 amide bonds. The highest BCUT2D eigenvalue weighted by Crippen LogP contribution is 2.45. The SMILES string of the molecule is C#CCC1=C(O[Si](C)(C)C(C)(C)C)CC(O[Si](CC)(CC)CC)C1/C=C/CC(C)(CCCC)O[Si](C)(C)C. The van der Waals surface area contributed by atoms with Gasteiger partial charge in [-0.05, 0) is 81.2 Å². The van der Waals surface area contributed by atoms with Crippen LogP contribution in [0.4, 0.5) is 0 Å². The topological polar surface area (TPSA) is 27.7 Å². The molecule has 0 spiro atoms. The molecular formula is C32H62O3Si3. The van der Waals surface area contributed by atoms with Crippen LogP contribution < -0.4 is 0 Å². The molecule has 0 aromatic carbocycles. The minimum atomic E-state index is -2.00. The molecule has 0 N–H and O–H groups in total. The summed E-state index contributed by atoms with van der Waals surface area (Å²) in [4.78, 5) is 0. The monoisotopic (exact) mass is 578 g/mol. The molecule has 3 atom stereocenters. The molecule has 1 aliphatic rings. The Morgan fingerprint density at radius 1 is 0.974 bits per heavy atom. The molecule has 3 nitrogen and oxygen atoms in total. The molecule has 0 heterocycles. The van der Waals surface area contributed by atoms with Gasteiger partial charge in [0.05, 0.1) is 17.5 Å². The second-order valence-corrected chi connectivity index (χ2v) is 28.1. The van der Waals surface area contributed by atoms with E-state index >= 15 is 0 Å². The van der Waals surface area contributed by atoms with Crippen molar-refractivity contribution in [3.63, 3.8) is 0 Å². The van der Waals surface area contributed by atoms with E-state index in [4.69, 9.17) is 19.7 Å². The minimum Gasteiger partial charge on any atom is -0.546 e. The van der Waals surface area contributed by atoms with Crippen molar-refractivity contribution in [3.05, 3.63) is 23.5 Å². The predicted molar refractivity (Wildman–Crippen MR) is 175 cm³/mol. The number of unbranched alkanes of at least 4 members (excludes halogenated alkanes) is 1.